The van der Waals surface area contributed by atoms with Gasteiger partial charge in [-0.1, -0.05) is 158 Å². The quantitative estimate of drug-likeness (QED) is 0.149. The second-order valence-corrected chi connectivity index (χ2v) is 15.2. The predicted octanol–water partition coefficient (Wildman–Crippen LogP) is 14.4. The molecule has 0 N–H and O–H groups in total. The van der Waals surface area contributed by atoms with Crippen molar-refractivity contribution in [2.45, 2.75) is 0 Å². The normalized spacial score (nSPS) is 13.3. The molecule has 0 atom stereocenters. The van der Waals surface area contributed by atoms with Gasteiger partial charge in [0, 0.05) is 38.8 Å². The summed E-state index contributed by atoms with van der Waals surface area (Å²) in [7, 11) is 9.63. The van der Waals surface area contributed by atoms with Crippen LogP contribution >= 0.6 is 19.1 Å². The van der Waals surface area contributed by atoms with Gasteiger partial charge in [0.05, 0.1) is 22.8 Å². The van der Waals surface area contributed by atoms with Crippen molar-refractivity contribution >= 4 is 52.6 Å². The zero-order chi connectivity index (χ0) is 37.7. The summed E-state index contributed by atoms with van der Waals surface area (Å²) < 4.78 is 31.2. The molecule has 1 aliphatic rings. The van der Waals surface area contributed by atoms with Crippen molar-refractivity contribution in [2.24, 2.45) is 9.98 Å². The molecule has 7 heteroatoms. The molecule has 0 spiro atoms. The average molecular weight is 850 g/mol. The number of nitrogens with zero attached hydrogens (tertiary/aromatic N) is 2. The van der Waals surface area contributed by atoms with Gasteiger partial charge < -0.3 is 0 Å². The zero-order valence-corrected chi connectivity index (χ0v) is 32.1. The molecule has 2 nitrogen and oxygen atoms in total. The fraction of sp³-hybridized carbons (Fsp3) is 0. The van der Waals surface area contributed by atoms with Crippen LogP contribution in [0.1, 0.15) is 11.1 Å². The Bertz CT molecular complexity index is 2400. The third kappa shape index (κ3) is 7.45. The maximum absolute atomic E-state index is 15.6. The van der Waals surface area contributed by atoms with Gasteiger partial charge in [0.25, 0.3) is 0 Å². The Hall–Kier alpha value is -5.54. The van der Waals surface area contributed by atoms with E-state index in [1.807, 2.05) is 133 Å². The number of rotatable bonds is 6. The molecular weight excluding hydrogens is 820 g/mol. The number of aliphatic imine (C=N–C) groups is 2. The second-order valence-electron chi connectivity index (χ2n) is 12.8. The van der Waals surface area contributed by atoms with E-state index < -0.39 is 0 Å². The summed E-state index contributed by atoms with van der Waals surface area (Å²) >= 11 is -0.106. The van der Waals surface area contributed by atoms with Gasteiger partial charge in [0.1, 0.15) is 11.6 Å². The van der Waals surface area contributed by atoms with E-state index in [-0.39, 0.29) is 27.6 Å². The first-order valence-electron chi connectivity index (χ1n) is 17.5. The fourth-order valence-electron chi connectivity index (χ4n) is 7.23. The molecule has 9 rings (SSSR count). The van der Waals surface area contributed by atoms with Crippen molar-refractivity contribution in [1.29, 1.82) is 0 Å². The van der Waals surface area contributed by atoms with E-state index in [4.69, 9.17) is 29.0 Å². The van der Waals surface area contributed by atoms with Crippen molar-refractivity contribution in [3.63, 3.8) is 0 Å². The molecule has 0 fully saturated rings. The van der Waals surface area contributed by atoms with Crippen LogP contribution in [0.5, 0.6) is 0 Å². The topological polar surface area (TPSA) is 24.7 Å². The molecule has 0 saturated carbocycles. The molecular formula is C48H30Cl2F2N2Pd. The molecule has 0 aliphatic heterocycles. The second kappa shape index (κ2) is 16.5. The zero-order valence-electron chi connectivity index (χ0n) is 29.0. The van der Waals surface area contributed by atoms with Gasteiger partial charge in [-0.3, -0.25) is 0 Å². The van der Waals surface area contributed by atoms with Gasteiger partial charge >= 0.3 is 35.0 Å². The Labute approximate surface area is 334 Å². The van der Waals surface area contributed by atoms with Gasteiger partial charge in [0.15, 0.2) is 0 Å². The van der Waals surface area contributed by atoms with Crippen molar-refractivity contribution in [3.8, 4) is 44.5 Å². The van der Waals surface area contributed by atoms with E-state index in [1.54, 1.807) is 24.3 Å². The van der Waals surface area contributed by atoms with Gasteiger partial charge in [0.2, 0.25) is 0 Å². The van der Waals surface area contributed by atoms with Crippen LogP contribution < -0.4 is 0 Å². The molecule has 8 aromatic carbocycles. The summed E-state index contributed by atoms with van der Waals surface area (Å²) in [5, 5.41) is 2.10. The SMILES string of the molecule is Fc1cc(-c2ccccc2)c(N=C2C(=Nc3c(-c4ccccc4)cc(F)cc3-c3ccccc3)c3cccc4cccc2c34)c(-c2ccccc2)c1.[Cl][Pd][Cl]. The Balaban J connectivity index is 0.00000138. The summed E-state index contributed by atoms with van der Waals surface area (Å²) in [5.41, 5.74) is 10.5. The third-order valence-corrected chi connectivity index (χ3v) is 9.58. The fourth-order valence-corrected chi connectivity index (χ4v) is 7.23. The van der Waals surface area contributed by atoms with Crippen LogP contribution in [0.4, 0.5) is 20.2 Å². The molecule has 0 aromatic heterocycles. The van der Waals surface area contributed by atoms with Crippen LogP contribution in [0.25, 0.3) is 55.3 Å². The van der Waals surface area contributed by atoms with Gasteiger partial charge in [-0.05, 0) is 51.9 Å². The molecule has 55 heavy (non-hydrogen) atoms. The van der Waals surface area contributed by atoms with Gasteiger partial charge in [-0.25, -0.2) is 18.8 Å². The molecule has 8 aromatic rings. The van der Waals surface area contributed by atoms with Crippen molar-refractivity contribution in [1.82, 2.24) is 0 Å². The molecule has 0 amide bonds. The van der Waals surface area contributed by atoms with E-state index in [0.717, 1.165) is 44.2 Å². The predicted molar refractivity (Wildman–Crippen MR) is 223 cm³/mol. The first-order valence-corrected chi connectivity index (χ1v) is 21.5. The van der Waals surface area contributed by atoms with Crippen LogP contribution in [-0.2, 0) is 15.9 Å². The van der Waals surface area contributed by atoms with Gasteiger partial charge in [-0.15, -0.1) is 0 Å². The Morgan fingerprint density at radius 1 is 0.364 bits per heavy atom. The number of halogens is 4. The number of benzene rings is 8. The van der Waals surface area contributed by atoms with Crippen molar-refractivity contribution < 1.29 is 24.7 Å². The standard InChI is InChI=1S/C48H30F2N2.2ClH.Pd/c49-36-27-40(31-15-5-1-6-16-31)45(41(28-36)32-17-7-2-8-18-32)51-47-38-25-13-23-35-24-14-26-39(44(35)38)48(47)52-46-42(33-19-9-3-10-20-33)29-37(50)30-43(46)34-21-11-4-12-22-34;;;/h1-30H;2*1H;/q;;;+2/p-2. The van der Waals surface area contributed by atoms with E-state index in [2.05, 4.69) is 24.3 Å². The first kappa shape index (κ1) is 36.4. The summed E-state index contributed by atoms with van der Waals surface area (Å²) in [6, 6.07) is 57.8. The summed E-state index contributed by atoms with van der Waals surface area (Å²) in [6.45, 7) is 0. The molecule has 0 unspecified atom stereocenters. The molecule has 0 radical (unpaired) electrons. The van der Waals surface area contributed by atoms with Crippen LogP contribution in [0.15, 0.2) is 192 Å². The average Bonchev–Trinajstić information content (AvgIpc) is 3.53. The van der Waals surface area contributed by atoms with Crippen molar-refractivity contribution in [3.05, 3.63) is 205 Å². The van der Waals surface area contributed by atoms with Crippen LogP contribution in [0.3, 0.4) is 0 Å². The minimum absolute atomic E-state index is 0.106. The van der Waals surface area contributed by atoms with E-state index in [9.17, 15) is 0 Å². The molecule has 1 aliphatic carbocycles. The maximum atomic E-state index is 15.6. The Kier molecular flexibility index (Phi) is 10.9. The Morgan fingerprint density at radius 3 is 0.945 bits per heavy atom. The van der Waals surface area contributed by atoms with E-state index in [1.165, 1.54) is 0 Å². The molecule has 0 saturated heterocycles. The van der Waals surface area contributed by atoms with Crippen LogP contribution in [0, 0.1) is 11.6 Å². The number of hydrogen-bond acceptors (Lipinski definition) is 2. The van der Waals surface area contributed by atoms with E-state index in [0.29, 0.717) is 45.1 Å². The van der Waals surface area contributed by atoms with Crippen LogP contribution in [0.2, 0.25) is 0 Å². The Morgan fingerprint density at radius 2 is 0.655 bits per heavy atom. The minimum atomic E-state index is -0.348. The summed E-state index contributed by atoms with van der Waals surface area (Å²) in [5.74, 6) is -0.697. The van der Waals surface area contributed by atoms with Gasteiger partial charge in [-0.2, -0.15) is 0 Å². The molecule has 0 heterocycles. The number of hydrogen-bond donors (Lipinski definition) is 0. The van der Waals surface area contributed by atoms with E-state index >= 15 is 8.78 Å². The molecule has 0 bridgehead atoms. The first-order chi connectivity index (χ1) is 27.0. The monoisotopic (exact) mass is 848 g/mol. The molecule has 270 valence electrons. The van der Waals surface area contributed by atoms with Crippen LogP contribution in [-0.4, -0.2) is 11.4 Å². The summed E-state index contributed by atoms with van der Waals surface area (Å²) in [4.78, 5) is 11.1. The summed E-state index contributed by atoms with van der Waals surface area (Å²) in [6.07, 6.45) is 0. The third-order valence-electron chi connectivity index (χ3n) is 9.58. The van der Waals surface area contributed by atoms with Crippen molar-refractivity contribution in [2.75, 3.05) is 0 Å².